The topological polar surface area (TPSA) is 74.0 Å². The zero-order valence-corrected chi connectivity index (χ0v) is 14.2. The summed E-state index contributed by atoms with van der Waals surface area (Å²) in [6.45, 7) is 2.65. The number of amides is 2. The number of benzene rings is 2. The van der Waals surface area contributed by atoms with Crippen molar-refractivity contribution in [2.24, 2.45) is 0 Å². The third-order valence-corrected chi connectivity index (χ3v) is 4.68. The zero-order chi connectivity index (χ0) is 18.3. The number of aromatic amines is 1. The van der Waals surface area contributed by atoms with Crippen LogP contribution in [0, 0.1) is 12.3 Å². The van der Waals surface area contributed by atoms with E-state index in [1.807, 2.05) is 12.1 Å². The number of H-pyrrole nitrogens is 1. The van der Waals surface area contributed by atoms with Gasteiger partial charge in [-0.25, -0.2) is 0 Å². The van der Waals surface area contributed by atoms with Crippen molar-refractivity contribution in [3.63, 3.8) is 0 Å². The molecule has 1 aliphatic rings. The van der Waals surface area contributed by atoms with Crippen molar-refractivity contribution < 1.29 is 9.59 Å². The van der Waals surface area contributed by atoms with Crippen LogP contribution in [-0.4, -0.2) is 23.3 Å². The van der Waals surface area contributed by atoms with Crippen molar-refractivity contribution in [3.8, 4) is 12.3 Å². The van der Waals surface area contributed by atoms with Crippen LogP contribution in [0.25, 0.3) is 10.9 Å². The number of hydrogen-bond acceptors (Lipinski definition) is 2. The lowest BCUT2D eigenvalue weighted by Gasteiger charge is -2.19. The lowest BCUT2D eigenvalue weighted by Crippen LogP contribution is -2.33. The average molecular weight is 343 g/mol. The van der Waals surface area contributed by atoms with Crippen molar-refractivity contribution in [2.45, 2.75) is 12.8 Å². The van der Waals surface area contributed by atoms with Gasteiger partial charge in [0.05, 0.1) is 0 Å². The standard InChI is InChI=1S/C21H17N3O2/c1-3-13-5-4-6-15(9-13)23-20(25)14-7-8-17-16(10-14)18-12(2)11-22-21(26)19(18)24-17/h1,4-10,12,24H,11H2,2H3,(H,22,26)(H,23,25). The Bertz CT molecular complexity index is 1090. The summed E-state index contributed by atoms with van der Waals surface area (Å²) in [5.41, 5.74) is 4.28. The van der Waals surface area contributed by atoms with Gasteiger partial charge >= 0.3 is 0 Å². The SMILES string of the molecule is C#Cc1cccc(NC(=O)c2ccc3[nH]c4c(c3c2)C(C)CNC4=O)c1. The van der Waals surface area contributed by atoms with Gasteiger partial charge in [0.25, 0.3) is 11.8 Å². The molecule has 1 atom stereocenters. The summed E-state index contributed by atoms with van der Waals surface area (Å²) in [6.07, 6.45) is 5.40. The molecule has 2 amide bonds. The second-order valence-corrected chi connectivity index (χ2v) is 6.46. The van der Waals surface area contributed by atoms with Crippen LogP contribution < -0.4 is 10.6 Å². The van der Waals surface area contributed by atoms with Crippen LogP contribution in [0.15, 0.2) is 42.5 Å². The van der Waals surface area contributed by atoms with E-state index in [9.17, 15) is 9.59 Å². The Balaban J connectivity index is 1.71. The molecule has 0 radical (unpaired) electrons. The fraction of sp³-hybridized carbons (Fsp3) is 0.143. The first-order chi connectivity index (χ1) is 12.6. The van der Waals surface area contributed by atoms with Crippen molar-refractivity contribution in [1.29, 1.82) is 0 Å². The monoisotopic (exact) mass is 343 g/mol. The van der Waals surface area contributed by atoms with Crippen LogP contribution in [-0.2, 0) is 0 Å². The van der Waals surface area contributed by atoms with Gasteiger partial charge in [-0.15, -0.1) is 6.42 Å². The van der Waals surface area contributed by atoms with Gasteiger partial charge in [0.15, 0.2) is 0 Å². The summed E-state index contributed by atoms with van der Waals surface area (Å²) in [5.74, 6) is 2.41. The van der Waals surface area contributed by atoms with Gasteiger partial charge in [0.1, 0.15) is 5.69 Å². The molecular formula is C21H17N3O2. The highest BCUT2D eigenvalue weighted by Crippen LogP contribution is 2.32. The molecule has 2 heterocycles. The molecule has 4 rings (SSSR count). The number of carbonyl (C=O) groups excluding carboxylic acids is 2. The second kappa shape index (κ2) is 6.08. The number of fused-ring (bicyclic) bond motifs is 3. The predicted molar refractivity (Wildman–Crippen MR) is 101 cm³/mol. The molecule has 3 aromatic rings. The van der Waals surface area contributed by atoms with Gasteiger partial charge in [-0.2, -0.15) is 0 Å². The molecule has 0 spiro atoms. The van der Waals surface area contributed by atoms with E-state index in [0.29, 0.717) is 29.1 Å². The quantitative estimate of drug-likeness (QED) is 0.625. The summed E-state index contributed by atoms with van der Waals surface area (Å²) in [4.78, 5) is 27.9. The summed E-state index contributed by atoms with van der Waals surface area (Å²) in [5, 5.41) is 6.64. The summed E-state index contributed by atoms with van der Waals surface area (Å²) in [6, 6.07) is 12.6. The molecule has 1 aromatic heterocycles. The van der Waals surface area contributed by atoms with E-state index in [0.717, 1.165) is 16.5 Å². The highest BCUT2D eigenvalue weighted by Gasteiger charge is 2.27. The van der Waals surface area contributed by atoms with Gasteiger partial charge in [0.2, 0.25) is 0 Å². The number of terminal acetylenes is 1. The molecule has 5 nitrogen and oxygen atoms in total. The Morgan fingerprint density at radius 2 is 2.12 bits per heavy atom. The first-order valence-corrected chi connectivity index (χ1v) is 8.38. The maximum absolute atomic E-state index is 12.6. The van der Waals surface area contributed by atoms with E-state index in [1.165, 1.54) is 0 Å². The third-order valence-electron chi connectivity index (χ3n) is 4.68. The number of hydrogen-bond donors (Lipinski definition) is 3. The number of rotatable bonds is 2. The molecule has 128 valence electrons. The number of anilines is 1. The van der Waals surface area contributed by atoms with Gasteiger partial charge in [-0.3, -0.25) is 9.59 Å². The molecule has 0 bridgehead atoms. The fourth-order valence-corrected chi connectivity index (χ4v) is 3.37. The molecule has 2 aromatic carbocycles. The Morgan fingerprint density at radius 3 is 2.92 bits per heavy atom. The van der Waals surface area contributed by atoms with Crippen LogP contribution in [0.1, 0.15) is 44.8 Å². The molecule has 5 heteroatoms. The highest BCUT2D eigenvalue weighted by molar-refractivity contribution is 6.08. The maximum Gasteiger partial charge on any atom is 0.268 e. The molecule has 3 N–H and O–H groups in total. The Labute approximate surface area is 150 Å². The molecule has 0 fully saturated rings. The van der Waals surface area contributed by atoms with E-state index in [1.54, 1.807) is 30.3 Å². The minimum atomic E-state index is -0.219. The van der Waals surface area contributed by atoms with E-state index in [4.69, 9.17) is 6.42 Å². The van der Waals surface area contributed by atoms with Crippen LogP contribution in [0.5, 0.6) is 0 Å². The molecule has 1 unspecified atom stereocenters. The molecular weight excluding hydrogens is 326 g/mol. The summed E-state index contributed by atoms with van der Waals surface area (Å²) < 4.78 is 0. The van der Waals surface area contributed by atoms with Crippen LogP contribution in [0.2, 0.25) is 0 Å². The Kier molecular flexibility index (Phi) is 3.74. The van der Waals surface area contributed by atoms with Gasteiger partial charge < -0.3 is 15.6 Å². The minimum Gasteiger partial charge on any atom is -0.350 e. The second-order valence-electron chi connectivity index (χ2n) is 6.46. The lowest BCUT2D eigenvalue weighted by atomic mass is 9.93. The highest BCUT2D eigenvalue weighted by atomic mass is 16.2. The van der Waals surface area contributed by atoms with Gasteiger partial charge in [-0.1, -0.05) is 18.9 Å². The molecule has 0 aliphatic carbocycles. The lowest BCUT2D eigenvalue weighted by molar-refractivity contribution is 0.0936. The van der Waals surface area contributed by atoms with Crippen molar-refractivity contribution in [3.05, 3.63) is 64.8 Å². The van der Waals surface area contributed by atoms with Crippen molar-refractivity contribution in [1.82, 2.24) is 10.3 Å². The molecule has 1 aliphatic heterocycles. The minimum absolute atomic E-state index is 0.105. The fourth-order valence-electron chi connectivity index (χ4n) is 3.37. The first-order valence-electron chi connectivity index (χ1n) is 8.38. The van der Waals surface area contributed by atoms with Gasteiger partial charge in [0, 0.05) is 40.2 Å². The summed E-state index contributed by atoms with van der Waals surface area (Å²) >= 11 is 0. The number of carbonyl (C=O) groups is 2. The molecule has 26 heavy (non-hydrogen) atoms. The van der Waals surface area contributed by atoms with E-state index < -0.39 is 0 Å². The average Bonchev–Trinajstić information content (AvgIpc) is 3.05. The van der Waals surface area contributed by atoms with Crippen molar-refractivity contribution in [2.75, 3.05) is 11.9 Å². The third kappa shape index (κ3) is 2.62. The molecule has 0 saturated heterocycles. The summed E-state index contributed by atoms with van der Waals surface area (Å²) in [7, 11) is 0. The van der Waals surface area contributed by atoms with E-state index in [-0.39, 0.29) is 17.7 Å². The Morgan fingerprint density at radius 1 is 1.27 bits per heavy atom. The first kappa shape index (κ1) is 16.0. The predicted octanol–water partition coefficient (Wildman–Crippen LogP) is 3.25. The normalized spacial score (nSPS) is 15.8. The zero-order valence-electron chi connectivity index (χ0n) is 14.2. The van der Waals surface area contributed by atoms with E-state index in [2.05, 4.69) is 28.5 Å². The number of nitrogens with one attached hydrogen (secondary N) is 3. The van der Waals surface area contributed by atoms with Crippen LogP contribution in [0.4, 0.5) is 5.69 Å². The largest absolute Gasteiger partial charge is 0.350 e. The smallest absolute Gasteiger partial charge is 0.268 e. The Hall–Kier alpha value is -3.52. The van der Waals surface area contributed by atoms with E-state index >= 15 is 0 Å². The molecule has 0 saturated carbocycles. The maximum atomic E-state index is 12.6. The van der Waals surface area contributed by atoms with Crippen LogP contribution in [0.3, 0.4) is 0 Å². The van der Waals surface area contributed by atoms with Crippen LogP contribution >= 0.6 is 0 Å². The van der Waals surface area contributed by atoms with Crippen molar-refractivity contribution >= 4 is 28.4 Å². The van der Waals surface area contributed by atoms with Gasteiger partial charge in [-0.05, 0) is 42.0 Å². The number of aromatic nitrogens is 1.